The van der Waals surface area contributed by atoms with E-state index in [1.807, 2.05) is 57.2 Å². The second kappa shape index (κ2) is 10.1. The molecule has 1 aromatic heterocycles. The number of piperazine rings is 1. The van der Waals surface area contributed by atoms with Crippen LogP contribution in [0.25, 0.3) is 11.3 Å². The second-order valence-corrected chi connectivity index (χ2v) is 9.69. The van der Waals surface area contributed by atoms with Crippen molar-refractivity contribution in [3.05, 3.63) is 77.6 Å². The van der Waals surface area contributed by atoms with Gasteiger partial charge in [0.2, 0.25) is 5.91 Å². The fourth-order valence-corrected chi connectivity index (χ4v) is 5.11. The van der Waals surface area contributed by atoms with Crippen molar-refractivity contribution in [2.45, 2.75) is 33.2 Å². The Morgan fingerprint density at radius 1 is 0.892 bits per heavy atom. The van der Waals surface area contributed by atoms with Crippen LogP contribution < -0.4 is 4.90 Å². The molecule has 2 aliphatic rings. The number of hydrogen-bond donors (Lipinski definition) is 0. The molecule has 2 aliphatic heterocycles. The maximum absolute atomic E-state index is 13.8. The fourth-order valence-electron chi connectivity index (χ4n) is 5.11. The average molecular weight is 498 g/mol. The molecule has 3 amide bonds. The summed E-state index contributed by atoms with van der Waals surface area (Å²) < 4.78 is 0. The predicted octanol–water partition coefficient (Wildman–Crippen LogP) is 3.81. The summed E-state index contributed by atoms with van der Waals surface area (Å²) >= 11 is 0. The Bertz CT molecular complexity index is 1300. The summed E-state index contributed by atoms with van der Waals surface area (Å²) in [5.41, 5.74) is 2.63. The number of carbonyl (C=O) groups is 3. The molecule has 0 aliphatic carbocycles. The highest BCUT2D eigenvalue weighted by molar-refractivity contribution is 6.22. The largest absolute Gasteiger partial charge is 0.353 e. The standard InChI is InChI=1S/C29H31N5O3/c1-4-19(2)26(34-27(35)22-12-8-9-13-23(22)28(34)36)29(37)33-16-14-32(15-17-33)25-18-24(30-20(3)31-25)21-10-6-5-7-11-21/h5-13,18-19,26H,4,14-17H2,1-3H3. The number of aryl methyl sites for hydroxylation is 1. The van der Waals surface area contributed by atoms with Gasteiger partial charge in [-0.15, -0.1) is 0 Å². The molecule has 5 rings (SSSR count). The lowest BCUT2D eigenvalue weighted by Crippen LogP contribution is -2.58. The zero-order valence-corrected chi connectivity index (χ0v) is 21.4. The van der Waals surface area contributed by atoms with Crippen LogP contribution >= 0.6 is 0 Å². The number of imide groups is 1. The normalized spacial score (nSPS) is 17.1. The molecule has 0 N–H and O–H groups in total. The first-order valence-corrected chi connectivity index (χ1v) is 12.8. The molecule has 8 heteroatoms. The van der Waals surface area contributed by atoms with Crippen LogP contribution in [0.1, 0.15) is 46.8 Å². The van der Waals surface area contributed by atoms with Crippen LogP contribution in [0, 0.1) is 12.8 Å². The Labute approximate surface area is 216 Å². The van der Waals surface area contributed by atoms with Crippen molar-refractivity contribution in [3.8, 4) is 11.3 Å². The van der Waals surface area contributed by atoms with Crippen LogP contribution in [-0.4, -0.2) is 69.7 Å². The Morgan fingerprint density at radius 2 is 1.49 bits per heavy atom. The molecule has 0 spiro atoms. The minimum atomic E-state index is -0.824. The van der Waals surface area contributed by atoms with E-state index in [2.05, 4.69) is 14.9 Å². The molecule has 2 unspecified atom stereocenters. The van der Waals surface area contributed by atoms with Crippen molar-refractivity contribution in [2.24, 2.45) is 5.92 Å². The van der Waals surface area contributed by atoms with E-state index in [0.29, 0.717) is 49.6 Å². The predicted molar refractivity (Wildman–Crippen MR) is 141 cm³/mol. The van der Waals surface area contributed by atoms with E-state index in [9.17, 15) is 14.4 Å². The maximum Gasteiger partial charge on any atom is 0.262 e. The topological polar surface area (TPSA) is 86.7 Å². The van der Waals surface area contributed by atoms with Gasteiger partial charge in [-0.05, 0) is 25.0 Å². The molecule has 0 saturated carbocycles. The zero-order chi connectivity index (χ0) is 26.1. The SMILES string of the molecule is CCC(C)C(C(=O)N1CCN(c2cc(-c3ccccc3)nc(C)n2)CC1)N1C(=O)c2ccccc2C1=O. The Hall–Kier alpha value is -4.07. The van der Waals surface area contributed by atoms with Crippen molar-refractivity contribution in [2.75, 3.05) is 31.1 Å². The average Bonchev–Trinajstić information content (AvgIpc) is 3.18. The summed E-state index contributed by atoms with van der Waals surface area (Å²) in [6.45, 7) is 7.96. The van der Waals surface area contributed by atoms with E-state index in [4.69, 9.17) is 0 Å². The molecule has 3 aromatic rings. The van der Waals surface area contributed by atoms with Crippen molar-refractivity contribution >= 4 is 23.5 Å². The summed E-state index contributed by atoms with van der Waals surface area (Å²) in [5, 5.41) is 0. The van der Waals surface area contributed by atoms with Gasteiger partial charge >= 0.3 is 0 Å². The molecule has 1 saturated heterocycles. The van der Waals surface area contributed by atoms with Crippen LogP contribution in [0.4, 0.5) is 5.82 Å². The number of rotatable bonds is 6. The van der Waals surface area contributed by atoms with Gasteiger partial charge in [0.15, 0.2) is 0 Å². The van der Waals surface area contributed by atoms with Crippen LogP contribution in [0.2, 0.25) is 0 Å². The molecule has 0 bridgehead atoms. The van der Waals surface area contributed by atoms with Crippen molar-refractivity contribution < 1.29 is 14.4 Å². The lowest BCUT2D eigenvalue weighted by molar-refractivity contribution is -0.137. The number of benzene rings is 2. The van der Waals surface area contributed by atoms with Gasteiger partial charge in [-0.3, -0.25) is 19.3 Å². The van der Waals surface area contributed by atoms with Gasteiger partial charge in [0.1, 0.15) is 17.7 Å². The number of hydrogen-bond acceptors (Lipinski definition) is 6. The van der Waals surface area contributed by atoms with E-state index in [0.717, 1.165) is 17.1 Å². The van der Waals surface area contributed by atoms with Gasteiger partial charge in [0, 0.05) is 37.8 Å². The van der Waals surface area contributed by atoms with Crippen LogP contribution in [0.15, 0.2) is 60.7 Å². The van der Waals surface area contributed by atoms with E-state index in [-0.39, 0.29) is 23.6 Å². The molecular formula is C29H31N5O3. The number of nitrogens with zero attached hydrogens (tertiary/aromatic N) is 5. The summed E-state index contributed by atoms with van der Waals surface area (Å²) in [6, 6.07) is 17.9. The number of carbonyl (C=O) groups excluding carboxylic acids is 3. The first-order valence-electron chi connectivity index (χ1n) is 12.8. The Balaban J connectivity index is 1.33. The minimum absolute atomic E-state index is 0.161. The van der Waals surface area contributed by atoms with Gasteiger partial charge in [0.05, 0.1) is 16.8 Å². The second-order valence-electron chi connectivity index (χ2n) is 9.69. The molecule has 2 atom stereocenters. The number of anilines is 1. The molecule has 2 aromatic carbocycles. The minimum Gasteiger partial charge on any atom is -0.353 e. The van der Waals surface area contributed by atoms with Crippen molar-refractivity contribution in [1.82, 2.24) is 19.8 Å². The lowest BCUT2D eigenvalue weighted by Gasteiger charge is -2.39. The van der Waals surface area contributed by atoms with Gasteiger partial charge in [-0.2, -0.15) is 0 Å². The molecular weight excluding hydrogens is 466 g/mol. The van der Waals surface area contributed by atoms with Crippen LogP contribution in [0.5, 0.6) is 0 Å². The van der Waals surface area contributed by atoms with Crippen LogP contribution in [0.3, 0.4) is 0 Å². The summed E-state index contributed by atoms with van der Waals surface area (Å²) in [7, 11) is 0. The molecule has 37 heavy (non-hydrogen) atoms. The zero-order valence-electron chi connectivity index (χ0n) is 21.4. The van der Waals surface area contributed by atoms with E-state index in [1.54, 1.807) is 29.2 Å². The van der Waals surface area contributed by atoms with Gasteiger partial charge in [-0.25, -0.2) is 9.97 Å². The summed E-state index contributed by atoms with van der Waals surface area (Å²) in [4.78, 5) is 54.5. The third kappa shape index (κ3) is 4.59. The van der Waals surface area contributed by atoms with Gasteiger partial charge < -0.3 is 9.80 Å². The van der Waals surface area contributed by atoms with E-state index >= 15 is 0 Å². The molecule has 1 fully saturated rings. The maximum atomic E-state index is 13.8. The first-order chi connectivity index (χ1) is 17.9. The fraction of sp³-hybridized carbons (Fsp3) is 0.345. The third-order valence-corrected chi connectivity index (χ3v) is 7.35. The molecule has 190 valence electrons. The van der Waals surface area contributed by atoms with Gasteiger partial charge in [-0.1, -0.05) is 62.7 Å². The smallest absolute Gasteiger partial charge is 0.262 e. The van der Waals surface area contributed by atoms with Gasteiger partial charge in [0.25, 0.3) is 11.8 Å². The summed E-state index contributed by atoms with van der Waals surface area (Å²) in [5.74, 6) is 0.415. The van der Waals surface area contributed by atoms with Crippen LogP contribution in [-0.2, 0) is 4.79 Å². The molecule has 8 nitrogen and oxygen atoms in total. The summed E-state index contributed by atoms with van der Waals surface area (Å²) in [6.07, 6.45) is 0.673. The third-order valence-electron chi connectivity index (χ3n) is 7.35. The highest BCUT2D eigenvalue weighted by atomic mass is 16.2. The first kappa shape index (κ1) is 24.6. The van der Waals surface area contributed by atoms with Crippen molar-refractivity contribution in [1.29, 1.82) is 0 Å². The lowest BCUT2D eigenvalue weighted by atomic mass is 9.95. The monoisotopic (exact) mass is 497 g/mol. The quantitative estimate of drug-likeness (QED) is 0.482. The van der Waals surface area contributed by atoms with E-state index < -0.39 is 6.04 Å². The number of aromatic nitrogens is 2. The highest BCUT2D eigenvalue weighted by Crippen LogP contribution is 2.30. The molecule has 3 heterocycles. The van der Waals surface area contributed by atoms with E-state index in [1.165, 1.54) is 4.90 Å². The Kier molecular flexibility index (Phi) is 6.74. The number of fused-ring (bicyclic) bond motifs is 1. The van der Waals surface area contributed by atoms with Crippen molar-refractivity contribution in [3.63, 3.8) is 0 Å². The molecule has 0 radical (unpaired) electrons. The number of amides is 3. The Morgan fingerprint density at radius 3 is 2.08 bits per heavy atom. The highest BCUT2D eigenvalue weighted by Gasteiger charge is 2.46.